The number of hydrogen-bond acceptors (Lipinski definition) is 5. The van der Waals surface area contributed by atoms with Crippen molar-refractivity contribution in [3.63, 3.8) is 0 Å². The Labute approximate surface area is 161 Å². The van der Waals surface area contributed by atoms with Crippen LogP contribution in [-0.2, 0) is 10.9 Å². The number of nitriles is 1. The van der Waals surface area contributed by atoms with E-state index >= 15 is 0 Å². The molecule has 0 atom stereocenters. The lowest BCUT2D eigenvalue weighted by molar-refractivity contribution is -0.137. The summed E-state index contributed by atoms with van der Waals surface area (Å²) >= 11 is 3.08. The van der Waals surface area contributed by atoms with Gasteiger partial charge < -0.3 is 4.74 Å². The molecule has 0 bridgehead atoms. The van der Waals surface area contributed by atoms with Crippen LogP contribution >= 0.6 is 15.9 Å². The zero-order valence-electron chi connectivity index (χ0n) is 14.5. The second kappa shape index (κ2) is 7.52. The molecule has 0 spiro atoms. The van der Waals surface area contributed by atoms with Crippen LogP contribution in [-0.4, -0.2) is 21.7 Å². The van der Waals surface area contributed by atoms with Crippen molar-refractivity contribution in [2.75, 3.05) is 4.90 Å². The van der Waals surface area contributed by atoms with E-state index in [2.05, 4.69) is 25.9 Å². The Hall–Kier alpha value is -2.67. The third kappa shape index (κ3) is 5.17. The van der Waals surface area contributed by atoms with Crippen LogP contribution in [0.25, 0.3) is 0 Å². The van der Waals surface area contributed by atoms with Gasteiger partial charge in [0.05, 0.1) is 17.4 Å². The van der Waals surface area contributed by atoms with E-state index in [9.17, 15) is 23.2 Å². The number of aromatic nitrogens is 2. The minimum Gasteiger partial charge on any atom is -0.443 e. The van der Waals surface area contributed by atoms with E-state index in [0.717, 1.165) is 29.2 Å². The molecule has 2 aromatic rings. The number of anilines is 2. The van der Waals surface area contributed by atoms with Gasteiger partial charge in [-0.2, -0.15) is 18.4 Å². The quantitative estimate of drug-likeness (QED) is 0.638. The van der Waals surface area contributed by atoms with Crippen molar-refractivity contribution in [3.05, 3.63) is 46.3 Å². The Morgan fingerprint density at radius 1 is 1.22 bits per heavy atom. The normalized spacial score (nSPS) is 11.6. The van der Waals surface area contributed by atoms with Gasteiger partial charge in [-0.1, -0.05) is 0 Å². The largest absolute Gasteiger partial charge is 0.443 e. The molecular formula is C17H14BrF3N4O2. The highest BCUT2D eigenvalue weighted by atomic mass is 79.9. The number of hydrogen-bond donors (Lipinski definition) is 0. The number of alkyl halides is 3. The van der Waals surface area contributed by atoms with Gasteiger partial charge >= 0.3 is 12.3 Å². The summed E-state index contributed by atoms with van der Waals surface area (Å²) in [5.74, 6) is -0.158. The molecule has 0 N–H and O–H groups in total. The van der Waals surface area contributed by atoms with Gasteiger partial charge in [0.15, 0.2) is 11.5 Å². The van der Waals surface area contributed by atoms with Crippen LogP contribution in [0.15, 0.2) is 35.1 Å². The first-order chi connectivity index (χ1) is 12.4. The molecule has 0 saturated heterocycles. The third-order valence-electron chi connectivity index (χ3n) is 3.07. The standard InChI is InChI=1S/C17H14BrF3N4O2/c1-16(2,3)27-15(26)25(14-12(8-22)24-13(18)9-23-14)11-6-4-10(5-7-11)17(19,20)21/h4-7,9H,1-3H3. The van der Waals surface area contributed by atoms with Crippen LogP contribution < -0.4 is 4.90 Å². The Morgan fingerprint density at radius 2 is 1.81 bits per heavy atom. The highest BCUT2D eigenvalue weighted by Gasteiger charge is 2.32. The van der Waals surface area contributed by atoms with Gasteiger partial charge in [-0.05, 0) is 61.0 Å². The monoisotopic (exact) mass is 442 g/mol. The molecule has 1 aromatic heterocycles. The van der Waals surface area contributed by atoms with E-state index in [1.165, 1.54) is 6.20 Å². The Balaban J connectivity index is 2.58. The van der Waals surface area contributed by atoms with Crippen molar-refractivity contribution in [1.29, 1.82) is 5.26 Å². The summed E-state index contributed by atoms with van der Waals surface area (Å²) in [6.07, 6.45) is -4.17. The van der Waals surface area contributed by atoms with Crippen LogP contribution in [0.3, 0.4) is 0 Å². The van der Waals surface area contributed by atoms with Gasteiger partial charge in [-0.15, -0.1) is 0 Å². The zero-order chi connectivity index (χ0) is 20.4. The Kier molecular flexibility index (Phi) is 5.75. The number of carbonyl (C=O) groups excluding carboxylic acids is 1. The van der Waals surface area contributed by atoms with Crippen molar-refractivity contribution in [3.8, 4) is 6.07 Å². The van der Waals surface area contributed by atoms with Gasteiger partial charge in [-0.3, -0.25) is 0 Å². The fourth-order valence-corrected chi connectivity index (χ4v) is 2.30. The average Bonchev–Trinajstić information content (AvgIpc) is 2.54. The van der Waals surface area contributed by atoms with E-state index in [1.807, 2.05) is 0 Å². The van der Waals surface area contributed by atoms with E-state index in [-0.39, 0.29) is 21.8 Å². The lowest BCUT2D eigenvalue weighted by Gasteiger charge is -2.27. The highest BCUT2D eigenvalue weighted by molar-refractivity contribution is 9.10. The summed E-state index contributed by atoms with van der Waals surface area (Å²) in [5.41, 5.74) is -1.91. The zero-order valence-corrected chi connectivity index (χ0v) is 16.1. The average molecular weight is 443 g/mol. The van der Waals surface area contributed by atoms with Crippen molar-refractivity contribution >= 4 is 33.5 Å². The molecular weight excluding hydrogens is 429 g/mol. The minimum atomic E-state index is -4.52. The SMILES string of the molecule is CC(C)(C)OC(=O)N(c1ccc(C(F)(F)F)cc1)c1ncc(Br)nc1C#N. The summed E-state index contributed by atoms with van der Waals surface area (Å²) in [4.78, 5) is 21.5. The van der Waals surface area contributed by atoms with Crippen molar-refractivity contribution < 1.29 is 22.7 Å². The van der Waals surface area contributed by atoms with Crippen molar-refractivity contribution in [1.82, 2.24) is 9.97 Å². The van der Waals surface area contributed by atoms with Crippen LogP contribution in [0.5, 0.6) is 0 Å². The maximum atomic E-state index is 12.8. The number of nitrogens with zero attached hydrogens (tertiary/aromatic N) is 4. The number of amides is 1. The molecule has 0 aliphatic heterocycles. The Morgan fingerprint density at radius 3 is 2.30 bits per heavy atom. The molecule has 142 valence electrons. The third-order valence-corrected chi connectivity index (χ3v) is 3.45. The molecule has 0 aliphatic rings. The molecule has 2 rings (SSSR count). The number of carbonyl (C=O) groups is 1. The van der Waals surface area contributed by atoms with Gasteiger partial charge in [0.2, 0.25) is 0 Å². The second-order valence-electron chi connectivity index (χ2n) is 6.34. The maximum absolute atomic E-state index is 12.8. The molecule has 1 amide bonds. The first-order valence-corrected chi connectivity index (χ1v) is 8.34. The van der Waals surface area contributed by atoms with Crippen LogP contribution in [0.4, 0.5) is 29.5 Å². The topological polar surface area (TPSA) is 79.1 Å². The number of rotatable bonds is 2. The van der Waals surface area contributed by atoms with Gasteiger partial charge in [0.1, 0.15) is 16.3 Å². The van der Waals surface area contributed by atoms with Gasteiger partial charge in [0, 0.05) is 0 Å². The van der Waals surface area contributed by atoms with Gasteiger partial charge in [0.25, 0.3) is 0 Å². The first kappa shape index (κ1) is 20.6. The lowest BCUT2D eigenvalue weighted by atomic mass is 10.2. The maximum Gasteiger partial charge on any atom is 0.420 e. The summed E-state index contributed by atoms with van der Waals surface area (Å²) < 4.78 is 44.0. The van der Waals surface area contributed by atoms with E-state index in [0.29, 0.717) is 0 Å². The fourth-order valence-electron chi connectivity index (χ4n) is 2.02. The summed E-state index contributed by atoms with van der Waals surface area (Å²) in [6, 6.07) is 5.65. The molecule has 0 radical (unpaired) electrons. The van der Waals surface area contributed by atoms with Crippen molar-refractivity contribution in [2.24, 2.45) is 0 Å². The Bertz CT molecular complexity index is 887. The predicted octanol–water partition coefficient (Wildman–Crippen LogP) is 5.20. The fraction of sp³-hybridized carbons (Fsp3) is 0.294. The lowest BCUT2D eigenvalue weighted by Crippen LogP contribution is -2.35. The summed E-state index contributed by atoms with van der Waals surface area (Å²) in [5, 5.41) is 9.30. The molecule has 1 heterocycles. The van der Waals surface area contributed by atoms with E-state index in [4.69, 9.17) is 4.74 Å². The summed E-state index contributed by atoms with van der Waals surface area (Å²) in [7, 11) is 0. The highest BCUT2D eigenvalue weighted by Crippen LogP contribution is 2.33. The van der Waals surface area contributed by atoms with Crippen molar-refractivity contribution in [2.45, 2.75) is 32.5 Å². The van der Waals surface area contributed by atoms with Crippen LogP contribution in [0.1, 0.15) is 32.0 Å². The van der Waals surface area contributed by atoms with E-state index in [1.54, 1.807) is 26.8 Å². The minimum absolute atomic E-state index is 0.0466. The first-order valence-electron chi connectivity index (χ1n) is 7.55. The van der Waals surface area contributed by atoms with Crippen LogP contribution in [0.2, 0.25) is 0 Å². The van der Waals surface area contributed by atoms with E-state index < -0.39 is 23.4 Å². The smallest absolute Gasteiger partial charge is 0.420 e. The molecule has 0 saturated carbocycles. The summed E-state index contributed by atoms with van der Waals surface area (Å²) in [6.45, 7) is 4.90. The number of ether oxygens (including phenoxy) is 1. The molecule has 0 aliphatic carbocycles. The second-order valence-corrected chi connectivity index (χ2v) is 7.15. The molecule has 0 fully saturated rings. The van der Waals surface area contributed by atoms with Gasteiger partial charge in [-0.25, -0.2) is 19.7 Å². The molecule has 1 aromatic carbocycles. The molecule has 0 unspecified atom stereocenters. The molecule has 10 heteroatoms. The molecule has 6 nitrogen and oxygen atoms in total. The number of benzene rings is 1. The predicted molar refractivity (Wildman–Crippen MR) is 94.3 cm³/mol. The van der Waals surface area contributed by atoms with Crippen LogP contribution in [0, 0.1) is 11.3 Å². The number of halogens is 4. The molecule has 27 heavy (non-hydrogen) atoms.